The van der Waals surface area contributed by atoms with Gasteiger partial charge in [-0.2, -0.15) is 0 Å². The summed E-state index contributed by atoms with van der Waals surface area (Å²) in [6.45, 7) is 8.10. The molecule has 3 atom stereocenters. The van der Waals surface area contributed by atoms with Gasteiger partial charge in [0, 0.05) is 49.1 Å². The fourth-order valence-electron chi connectivity index (χ4n) is 5.62. The van der Waals surface area contributed by atoms with Gasteiger partial charge in [0.1, 0.15) is 11.4 Å². The molecule has 2 amide bonds. The molecule has 6 nitrogen and oxygen atoms in total. The Labute approximate surface area is 216 Å². The molecule has 2 aromatic rings. The predicted molar refractivity (Wildman–Crippen MR) is 136 cm³/mol. The number of carbonyl (C=O) groups excluding carboxylic acids is 2. The Kier molecular flexibility index (Phi) is 6.17. The molecule has 3 fully saturated rings. The van der Waals surface area contributed by atoms with Crippen LogP contribution in [0.25, 0.3) is 0 Å². The van der Waals surface area contributed by atoms with Gasteiger partial charge in [-0.1, -0.05) is 35.3 Å². The molecular formula is C27H30Cl2N2O4. The Morgan fingerprint density at radius 2 is 1.86 bits per heavy atom. The van der Waals surface area contributed by atoms with Crippen LogP contribution in [0.1, 0.15) is 39.2 Å². The van der Waals surface area contributed by atoms with Crippen molar-refractivity contribution in [2.24, 2.45) is 11.8 Å². The SMILES string of the molecule is CC(C)(C)OC(=O)N1CC2C(COc3ccc(Cl)c(Cl)c3)C2(c2ccc(N3CCCC3=O)cc2)C1. The first-order valence-corrected chi connectivity index (χ1v) is 12.8. The topological polar surface area (TPSA) is 59.1 Å². The Bertz CT molecular complexity index is 1150. The largest absolute Gasteiger partial charge is 0.493 e. The van der Waals surface area contributed by atoms with Crippen LogP contribution in [0.15, 0.2) is 42.5 Å². The Morgan fingerprint density at radius 3 is 2.49 bits per heavy atom. The number of ether oxygens (including phenoxy) is 2. The molecule has 3 aliphatic rings. The lowest BCUT2D eigenvalue weighted by Gasteiger charge is -2.28. The van der Waals surface area contributed by atoms with Crippen LogP contribution in [-0.4, -0.2) is 48.7 Å². The summed E-state index contributed by atoms with van der Waals surface area (Å²) in [5.41, 5.74) is 1.33. The van der Waals surface area contributed by atoms with E-state index < -0.39 is 5.60 Å². The van der Waals surface area contributed by atoms with E-state index in [-0.39, 0.29) is 29.3 Å². The first-order chi connectivity index (χ1) is 16.6. The van der Waals surface area contributed by atoms with Crippen LogP contribution in [0.4, 0.5) is 10.5 Å². The zero-order valence-corrected chi connectivity index (χ0v) is 21.7. The molecule has 0 aromatic heterocycles. The Hall–Kier alpha value is -2.44. The van der Waals surface area contributed by atoms with E-state index in [1.165, 1.54) is 0 Å². The Morgan fingerprint density at radius 1 is 1.11 bits per heavy atom. The number of benzene rings is 2. The second-order valence-electron chi connectivity index (χ2n) is 10.7. The normalized spacial score (nSPS) is 25.6. The highest BCUT2D eigenvalue weighted by atomic mass is 35.5. The molecule has 35 heavy (non-hydrogen) atoms. The van der Waals surface area contributed by atoms with Crippen molar-refractivity contribution in [2.75, 3.05) is 31.1 Å². The maximum absolute atomic E-state index is 12.8. The number of rotatable bonds is 5. The van der Waals surface area contributed by atoms with Crippen LogP contribution in [-0.2, 0) is 14.9 Å². The molecule has 1 aliphatic carbocycles. The quantitative estimate of drug-likeness (QED) is 0.493. The van der Waals surface area contributed by atoms with Crippen LogP contribution < -0.4 is 9.64 Å². The monoisotopic (exact) mass is 516 g/mol. The molecule has 2 saturated heterocycles. The van der Waals surface area contributed by atoms with Crippen LogP contribution >= 0.6 is 23.2 Å². The van der Waals surface area contributed by atoms with Gasteiger partial charge in [0.05, 0.1) is 16.7 Å². The van der Waals surface area contributed by atoms with E-state index >= 15 is 0 Å². The highest BCUT2D eigenvalue weighted by molar-refractivity contribution is 6.42. The summed E-state index contributed by atoms with van der Waals surface area (Å²) >= 11 is 12.2. The van der Waals surface area contributed by atoms with Gasteiger partial charge < -0.3 is 19.3 Å². The second kappa shape index (κ2) is 8.90. The number of likely N-dealkylation sites (tertiary alicyclic amines) is 1. The summed E-state index contributed by atoms with van der Waals surface area (Å²) in [6, 6.07) is 13.5. The zero-order valence-electron chi connectivity index (χ0n) is 20.2. The highest BCUT2D eigenvalue weighted by Gasteiger charge is 2.70. The third kappa shape index (κ3) is 4.58. The lowest BCUT2D eigenvalue weighted by molar-refractivity contribution is -0.117. The average Bonchev–Trinajstić information content (AvgIpc) is 3.09. The third-order valence-electron chi connectivity index (χ3n) is 7.33. The average molecular weight is 517 g/mol. The number of hydrogen-bond donors (Lipinski definition) is 0. The molecule has 2 aliphatic heterocycles. The van der Waals surface area contributed by atoms with E-state index in [1.807, 2.05) is 48.8 Å². The molecule has 0 radical (unpaired) electrons. The molecular weight excluding hydrogens is 487 g/mol. The predicted octanol–water partition coefficient (Wildman–Crippen LogP) is 5.93. The van der Waals surface area contributed by atoms with Crippen LogP contribution in [0.3, 0.4) is 0 Å². The van der Waals surface area contributed by atoms with E-state index in [4.69, 9.17) is 32.7 Å². The minimum atomic E-state index is -0.544. The van der Waals surface area contributed by atoms with Crippen molar-refractivity contribution in [1.82, 2.24) is 4.90 Å². The standard InChI is InChI=1S/C27H30Cl2N2O4/c1-26(2,3)35-25(33)30-14-20-21(15-34-19-10-11-22(28)23(29)13-19)27(20,16-30)17-6-8-18(9-7-17)31-12-4-5-24(31)32/h6-11,13,20-21H,4-5,12,14-16H2,1-3H3. The smallest absolute Gasteiger partial charge is 0.410 e. The lowest BCUT2D eigenvalue weighted by Crippen LogP contribution is -2.39. The van der Waals surface area contributed by atoms with Gasteiger partial charge in [0.2, 0.25) is 5.91 Å². The van der Waals surface area contributed by atoms with Crippen molar-refractivity contribution in [3.05, 3.63) is 58.1 Å². The number of carbonyl (C=O) groups is 2. The number of amides is 2. The molecule has 0 spiro atoms. The fourth-order valence-corrected chi connectivity index (χ4v) is 5.91. The third-order valence-corrected chi connectivity index (χ3v) is 8.07. The van der Waals surface area contributed by atoms with Gasteiger partial charge in [-0.3, -0.25) is 4.79 Å². The second-order valence-corrected chi connectivity index (χ2v) is 11.5. The van der Waals surface area contributed by atoms with Crippen LogP contribution in [0.2, 0.25) is 10.0 Å². The number of hydrogen-bond acceptors (Lipinski definition) is 4. The summed E-state index contributed by atoms with van der Waals surface area (Å²) in [4.78, 5) is 28.6. The molecule has 2 aromatic carbocycles. The number of piperidine rings is 1. The molecule has 0 N–H and O–H groups in total. The van der Waals surface area contributed by atoms with E-state index in [2.05, 4.69) is 12.1 Å². The van der Waals surface area contributed by atoms with Gasteiger partial charge in [0.25, 0.3) is 0 Å². The van der Waals surface area contributed by atoms with Gasteiger partial charge in [0.15, 0.2) is 0 Å². The number of halogens is 2. The first kappa shape index (κ1) is 24.3. The van der Waals surface area contributed by atoms with Gasteiger partial charge in [-0.25, -0.2) is 4.79 Å². The van der Waals surface area contributed by atoms with E-state index in [1.54, 1.807) is 12.1 Å². The molecule has 5 rings (SSSR count). The summed E-state index contributed by atoms with van der Waals surface area (Å²) in [7, 11) is 0. The number of anilines is 1. The van der Waals surface area contributed by atoms with Gasteiger partial charge >= 0.3 is 6.09 Å². The Balaban J connectivity index is 1.36. The molecule has 2 heterocycles. The van der Waals surface area contributed by atoms with Gasteiger partial charge in [-0.15, -0.1) is 0 Å². The highest BCUT2D eigenvalue weighted by Crippen LogP contribution is 2.64. The van der Waals surface area contributed by atoms with Crippen molar-refractivity contribution < 1.29 is 19.1 Å². The van der Waals surface area contributed by atoms with Crippen molar-refractivity contribution in [2.45, 2.75) is 44.6 Å². The van der Waals surface area contributed by atoms with Crippen molar-refractivity contribution in [3.63, 3.8) is 0 Å². The van der Waals surface area contributed by atoms with Crippen molar-refractivity contribution in [1.29, 1.82) is 0 Å². The maximum atomic E-state index is 12.8. The molecule has 3 unspecified atom stereocenters. The summed E-state index contributed by atoms with van der Waals surface area (Å²) in [5, 5.41) is 0.946. The van der Waals surface area contributed by atoms with Crippen molar-refractivity contribution in [3.8, 4) is 5.75 Å². The summed E-state index contributed by atoms with van der Waals surface area (Å²) in [6.07, 6.45) is 1.21. The van der Waals surface area contributed by atoms with E-state index in [0.29, 0.717) is 41.9 Å². The maximum Gasteiger partial charge on any atom is 0.410 e. The minimum absolute atomic E-state index is 0.171. The zero-order chi connectivity index (χ0) is 25.0. The van der Waals surface area contributed by atoms with Gasteiger partial charge in [-0.05, 0) is 62.9 Å². The lowest BCUT2D eigenvalue weighted by atomic mass is 9.92. The van der Waals surface area contributed by atoms with Crippen LogP contribution in [0, 0.1) is 11.8 Å². The van der Waals surface area contributed by atoms with E-state index in [9.17, 15) is 9.59 Å². The fraction of sp³-hybridized carbons (Fsp3) is 0.481. The molecule has 8 heteroatoms. The first-order valence-electron chi connectivity index (χ1n) is 12.1. The number of fused-ring (bicyclic) bond motifs is 1. The van der Waals surface area contributed by atoms with E-state index in [0.717, 1.165) is 24.2 Å². The number of nitrogens with zero attached hydrogens (tertiary/aromatic N) is 2. The molecule has 186 valence electrons. The molecule has 1 saturated carbocycles. The summed E-state index contributed by atoms with van der Waals surface area (Å²) < 4.78 is 11.8. The van der Waals surface area contributed by atoms with Crippen LogP contribution in [0.5, 0.6) is 5.75 Å². The minimum Gasteiger partial charge on any atom is -0.493 e. The van der Waals surface area contributed by atoms with Crippen molar-refractivity contribution >= 4 is 40.9 Å². The summed E-state index contributed by atoms with van der Waals surface area (Å²) in [5.74, 6) is 1.35. The molecule has 0 bridgehead atoms.